The van der Waals surface area contributed by atoms with Crippen LogP contribution in [-0.4, -0.2) is 65.2 Å². The highest BCUT2D eigenvalue weighted by Gasteiger charge is 2.10. The molecule has 0 amide bonds. The van der Waals surface area contributed by atoms with E-state index in [1.165, 1.54) is 6.07 Å². The number of anilines is 1. The zero-order valence-electron chi connectivity index (χ0n) is 11.0. The van der Waals surface area contributed by atoms with Gasteiger partial charge in [-0.3, -0.25) is 4.90 Å². The molecule has 7 nitrogen and oxygen atoms in total. The Bertz CT molecular complexity index is 446. The lowest BCUT2D eigenvalue weighted by atomic mass is 10.3. The van der Waals surface area contributed by atoms with Crippen molar-refractivity contribution in [2.24, 2.45) is 0 Å². The molecule has 2 rings (SSSR count). The number of carboxylic acid groups (broad SMARTS) is 1. The topological polar surface area (TPSA) is 90.4 Å². The van der Waals surface area contributed by atoms with Crippen LogP contribution >= 0.6 is 0 Å². The summed E-state index contributed by atoms with van der Waals surface area (Å²) in [7, 11) is 0. The Labute approximate surface area is 112 Å². The third kappa shape index (κ3) is 4.15. The molecule has 0 aromatic carbocycles. The lowest BCUT2D eigenvalue weighted by Gasteiger charge is -2.27. The van der Waals surface area contributed by atoms with E-state index in [0.717, 1.165) is 32.7 Å². The van der Waals surface area contributed by atoms with Crippen molar-refractivity contribution in [2.45, 2.75) is 6.92 Å². The van der Waals surface area contributed by atoms with Gasteiger partial charge in [-0.2, -0.15) is 0 Å². The van der Waals surface area contributed by atoms with Gasteiger partial charge in [0.1, 0.15) is 0 Å². The molecular formula is C12H19N5O2. The van der Waals surface area contributed by atoms with Crippen LogP contribution in [0.4, 0.5) is 5.95 Å². The molecular weight excluding hydrogens is 246 g/mol. The minimum absolute atomic E-state index is 0.0252. The van der Waals surface area contributed by atoms with Crippen LogP contribution in [-0.2, 0) is 0 Å². The summed E-state index contributed by atoms with van der Waals surface area (Å²) >= 11 is 0. The molecule has 1 fully saturated rings. The number of nitrogens with one attached hydrogen (secondary N) is 2. The maximum atomic E-state index is 10.9. The highest BCUT2D eigenvalue weighted by atomic mass is 16.4. The van der Waals surface area contributed by atoms with Crippen molar-refractivity contribution in [1.29, 1.82) is 0 Å². The molecule has 0 saturated carbocycles. The molecule has 1 aliphatic rings. The minimum atomic E-state index is -1.03. The summed E-state index contributed by atoms with van der Waals surface area (Å²) in [6.45, 7) is 7.49. The standard InChI is InChI=1S/C12H19N5O2/c1-9-8-10(11(18)19)16-12(15-9)14-4-7-17-5-2-13-3-6-17/h8,13H,2-7H2,1H3,(H,18,19)(H,14,15,16). The van der Waals surface area contributed by atoms with Crippen molar-refractivity contribution in [3.63, 3.8) is 0 Å². The number of aromatic nitrogens is 2. The highest BCUT2D eigenvalue weighted by molar-refractivity contribution is 5.85. The molecule has 1 aromatic rings. The van der Waals surface area contributed by atoms with Crippen LogP contribution in [0, 0.1) is 6.92 Å². The van der Waals surface area contributed by atoms with Crippen molar-refractivity contribution in [1.82, 2.24) is 20.2 Å². The van der Waals surface area contributed by atoms with E-state index in [-0.39, 0.29) is 5.69 Å². The van der Waals surface area contributed by atoms with Crippen LogP contribution in [0.1, 0.15) is 16.2 Å². The Morgan fingerprint density at radius 3 is 2.89 bits per heavy atom. The summed E-state index contributed by atoms with van der Waals surface area (Å²) in [6, 6.07) is 1.46. The number of hydrogen-bond acceptors (Lipinski definition) is 6. The first-order chi connectivity index (χ1) is 9.15. The van der Waals surface area contributed by atoms with Crippen molar-refractivity contribution >= 4 is 11.9 Å². The summed E-state index contributed by atoms with van der Waals surface area (Å²) in [4.78, 5) is 21.4. The normalized spacial score (nSPS) is 16.3. The Kier molecular flexibility index (Phi) is 4.64. The van der Waals surface area contributed by atoms with Gasteiger partial charge in [0.05, 0.1) is 0 Å². The van der Waals surface area contributed by atoms with Gasteiger partial charge in [0, 0.05) is 45.0 Å². The molecule has 0 bridgehead atoms. The average molecular weight is 265 g/mol. The fourth-order valence-corrected chi connectivity index (χ4v) is 2.02. The largest absolute Gasteiger partial charge is 0.477 e. The zero-order chi connectivity index (χ0) is 13.7. The highest BCUT2D eigenvalue weighted by Crippen LogP contribution is 2.04. The Morgan fingerprint density at radius 2 is 2.21 bits per heavy atom. The number of aryl methyl sites for hydroxylation is 1. The van der Waals surface area contributed by atoms with Crippen LogP contribution in [0.15, 0.2) is 6.07 Å². The molecule has 7 heteroatoms. The Balaban J connectivity index is 1.86. The molecule has 0 radical (unpaired) electrons. The third-order valence-corrected chi connectivity index (χ3v) is 2.99. The average Bonchev–Trinajstić information content (AvgIpc) is 2.39. The lowest BCUT2D eigenvalue weighted by Crippen LogP contribution is -2.45. The van der Waals surface area contributed by atoms with Crippen LogP contribution in [0.2, 0.25) is 0 Å². The molecule has 1 aliphatic heterocycles. The van der Waals surface area contributed by atoms with Gasteiger partial charge in [-0.25, -0.2) is 14.8 Å². The molecule has 0 spiro atoms. The first-order valence-electron chi connectivity index (χ1n) is 6.41. The number of piperazine rings is 1. The van der Waals surface area contributed by atoms with E-state index < -0.39 is 5.97 Å². The van der Waals surface area contributed by atoms with Gasteiger partial charge in [-0.05, 0) is 13.0 Å². The quantitative estimate of drug-likeness (QED) is 0.679. The van der Waals surface area contributed by atoms with E-state index >= 15 is 0 Å². The number of hydrogen-bond donors (Lipinski definition) is 3. The van der Waals surface area contributed by atoms with Crippen molar-refractivity contribution < 1.29 is 9.90 Å². The molecule has 19 heavy (non-hydrogen) atoms. The van der Waals surface area contributed by atoms with E-state index in [9.17, 15) is 4.79 Å². The van der Waals surface area contributed by atoms with Crippen LogP contribution < -0.4 is 10.6 Å². The van der Waals surface area contributed by atoms with Gasteiger partial charge < -0.3 is 15.7 Å². The molecule has 0 atom stereocenters. The zero-order valence-corrected chi connectivity index (χ0v) is 11.0. The molecule has 0 unspecified atom stereocenters. The SMILES string of the molecule is Cc1cc(C(=O)O)nc(NCCN2CCNCC2)n1. The van der Waals surface area contributed by atoms with Gasteiger partial charge in [0.25, 0.3) is 0 Å². The van der Waals surface area contributed by atoms with Gasteiger partial charge in [-0.15, -0.1) is 0 Å². The second-order valence-corrected chi connectivity index (χ2v) is 4.54. The Hall–Kier alpha value is -1.73. The third-order valence-electron chi connectivity index (χ3n) is 2.99. The van der Waals surface area contributed by atoms with Crippen LogP contribution in [0.25, 0.3) is 0 Å². The van der Waals surface area contributed by atoms with Crippen LogP contribution in [0.3, 0.4) is 0 Å². The Morgan fingerprint density at radius 1 is 1.47 bits per heavy atom. The number of nitrogens with zero attached hydrogens (tertiary/aromatic N) is 3. The summed E-state index contributed by atoms with van der Waals surface area (Å²) in [5, 5.41) is 15.3. The van der Waals surface area contributed by atoms with E-state index in [0.29, 0.717) is 18.2 Å². The maximum Gasteiger partial charge on any atom is 0.354 e. The summed E-state index contributed by atoms with van der Waals surface area (Å²) < 4.78 is 0. The fourth-order valence-electron chi connectivity index (χ4n) is 2.02. The van der Waals surface area contributed by atoms with Crippen molar-refractivity contribution in [3.8, 4) is 0 Å². The summed E-state index contributed by atoms with van der Waals surface area (Å²) in [5.74, 6) is -0.650. The number of aromatic carboxylic acids is 1. The van der Waals surface area contributed by atoms with E-state index in [1.807, 2.05) is 0 Å². The van der Waals surface area contributed by atoms with Gasteiger partial charge in [0.15, 0.2) is 5.69 Å². The number of rotatable bonds is 5. The molecule has 0 aliphatic carbocycles. The predicted octanol–water partition coefficient (Wildman–Crippen LogP) is -0.200. The predicted molar refractivity (Wildman–Crippen MR) is 71.5 cm³/mol. The number of carboxylic acids is 1. The first kappa shape index (κ1) is 13.7. The van der Waals surface area contributed by atoms with Gasteiger partial charge in [-0.1, -0.05) is 0 Å². The summed E-state index contributed by atoms with van der Waals surface area (Å²) in [5.41, 5.74) is 0.675. The van der Waals surface area contributed by atoms with Crippen molar-refractivity contribution in [3.05, 3.63) is 17.5 Å². The van der Waals surface area contributed by atoms with E-state index in [1.54, 1.807) is 6.92 Å². The monoisotopic (exact) mass is 265 g/mol. The minimum Gasteiger partial charge on any atom is -0.477 e. The molecule has 2 heterocycles. The summed E-state index contributed by atoms with van der Waals surface area (Å²) in [6.07, 6.45) is 0. The van der Waals surface area contributed by atoms with Crippen LogP contribution in [0.5, 0.6) is 0 Å². The molecule has 1 saturated heterocycles. The van der Waals surface area contributed by atoms with Gasteiger partial charge in [0.2, 0.25) is 5.95 Å². The van der Waals surface area contributed by atoms with Crippen molar-refractivity contribution in [2.75, 3.05) is 44.6 Å². The smallest absolute Gasteiger partial charge is 0.354 e. The van der Waals surface area contributed by atoms with E-state index in [2.05, 4.69) is 25.5 Å². The number of carbonyl (C=O) groups is 1. The molecule has 104 valence electrons. The first-order valence-corrected chi connectivity index (χ1v) is 6.41. The second kappa shape index (κ2) is 6.44. The van der Waals surface area contributed by atoms with E-state index in [4.69, 9.17) is 5.11 Å². The van der Waals surface area contributed by atoms with Gasteiger partial charge >= 0.3 is 5.97 Å². The second-order valence-electron chi connectivity index (χ2n) is 4.54. The lowest BCUT2D eigenvalue weighted by molar-refractivity contribution is 0.0690. The fraction of sp³-hybridized carbons (Fsp3) is 0.583. The molecule has 3 N–H and O–H groups in total. The molecule has 1 aromatic heterocycles. The maximum absolute atomic E-state index is 10.9.